The van der Waals surface area contributed by atoms with Gasteiger partial charge in [0, 0.05) is 32.3 Å². The van der Waals surface area contributed by atoms with E-state index < -0.39 is 0 Å². The van der Waals surface area contributed by atoms with Crippen LogP contribution in [0.2, 0.25) is 0 Å². The summed E-state index contributed by atoms with van der Waals surface area (Å²) < 4.78 is 5.15. The van der Waals surface area contributed by atoms with Gasteiger partial charge in [0.1, 0.15) is 0 Å². The van der Waals surface area contributed by atoms with Crippen LogP contribution in [0.4, 0.5) is 0 Å². The second kappa shape index (κ2) is 7.20. The molecule has 1 saturated heterocycles. The van der Waals surface area contributed by atoms with Crippen molar-refractivity contribution in [2.24, 2.45) is 0 Å². The second-order valence-corrected chi connectivity index (χ2v) is 4.47. The fourth-order valence-electron chi connectivity index (χ4n) is 2.42. The lowest BCUT2D eigenvalue weighted by Gasteiger charge is -2.30. The Bertz CT molecular complexity index is 164. The van der Waals surface area contributed by atoms with Gasteiger partial charge >= 0.3 is 0 Å². The molecule has 0 amide bonds. The summed E-state index contributed by atoms with van der Waals surface area (Å²) in [7, 11) is 1.78. The summed E-state index contributed by atoms with van der Waals surface area (Å²) in [5.41, 5.74) is 0. The molecule has 1 rings (SSSR count). The van der Waals surface area contributed by atoms with Crippen molar-refractivity contribution in [2.45, 2.75) is 45.2 Å². The average molecular weight is 214 g/mol. The van der Waals surface area contributed by atoms with Gasteiger partial charge in [0.25, 0.3) is 0 Å². The minimum atomic E-state index is 0.663. The molecular formula is C12H26N2O. The minimum absolute atomic E-state index is 0.663. The third-order valence-corrected chi connectivity index (χ3v) is 3.36. The number of nitrogens with one attached hydrogen (secondary N) is 1. The molecule has 0 bridgehead atoms. The molecule has 1 fully saturated rings. The standard InChI is InChI=1S/C12H26N2O/c1-4-13-10-12-6-5-8-14(12)11(2)7-9-15-3/h11-13H,4-10H2,1-3H3. The van der Waals surface area contributed by atoms with Crippen LogP contribution in [-0.2, 0) is 4.74 Å². The van der Waals surface area contributed by atoms with Crippen LogP contribution in [0.1, 0.15) is 33.1 Å². The highest BCUT2D eigenvalue weighted by Crippen LogP contribution is 2.20. The van der Waals surface area contributed by atoms with E-state index in [0.717, 1.165) is 32.2 Å². The molecule has 0 aliphatic carbocycles. The monoisotopic (exact) mass is 214 g/mol. The highest BCUT2D eigenvalue weighted by molar-refractivity contribution is 4.84. The maximum atomic E-state index is 5.15. The Morgan fingerprint density at radius 2 is 2.33 bits per heavy atom. The van der Waals surface area contributed by atoms with Gasteiger partial charge in [0.05, 0.1) is 0 Å². The quantitative estimate of drug-likeness (QED) is 0.695. The first-order chi connectivity index (χ1) is 7.29. The first kappa shape index (κ1) is 12.9. The Morgan fingerprint density at radius 1 is 1.53 bits per heavy atom. The molecule has 0 spiro atoms. The molecule has 2 atom stereocenters. The maximum absolute atomic E-state index is 5.15. The number of ether oxygens (including phenoxy) is 1. The predicted octanol–water partition coefficient (Wildman–Crippen LogP) is 1.49. The maximum Gasteiger partial charge on any atom is 0.0477 e. The lowest BCUT2D eigenvalue weighted by atomic mass is 10.1. The Kier molecular flexibility index (Phi) is 6.22. The van der Waals surface area contributed by atoms with Gasteiger partial charge < -0.3 is 10.1 Å². The Labute approximate surface area is 94.2 Å². The number of nitrogens with zero attached hydrogens (tertiary/aromatic N) is 1. The van der Waals surface area contributed by atoms with Crippen molar-refractivity contribution in [1.29, 1.82) is 0 Å². The van der Waals surface area contributed by atoms with Crippen LogP contribution < -0.4 is 5.32 Å². The summed E-state index contributed by atoms with van der Waals surface area (Å²) in [4.78, 5) is 2.64. The topological polar surface area (TPSA) is 24.5 Å². The molecule has 2 unspecified atom stereocenters. The summed E-state index contributed by atoms with van der Waals surface area (Å²) in [6, 6.07) is 1.41. The SMILES string of the molecule is CCNCC1CCCN1C(C)CCOC. The van der Waals surface area contributed by atoms with E-state index in [1.807, 2.05) is 0 Å². The van der Waals surface area contributed by atoms with E-state index in [4.69, 9.17) is 4.74 Å². The zero-order chi connectivity index (χ0) is 11.1. The third-order valence-electron chi connectivity index (χ3n) is 3.36. The smallest absolute Gasteiger partial charge is 0.0477 e. The number of likely N-dealkylation sites (tertiary alicyclic amines) is 1. The molecule has 3 heteroatoms. The normalized spacial score (nSPS) is 24.6. The van der Waals surface area contributed by atoms with Gasteiger partial charge in [-0.2, -0.15) is 0 Å². The van der Waals surface area contributed by atoms with Crippen molar-refractivity contribution in [2.75, 3.05) is 33.4 Å². The van der Waals surface area contributed by atoms with Crippen LogP contribution >= 0.6 is 0 Å². The van der Waals surface area contributed by atoms with Crippen molar-refractivity contribution >= 4 is 0 Å². The summed E-state index contributed by atoms with van der Waals surface area (Å²) in [6.07, 6.45) is 3.86. The van der Waals surface area contributed by atoms with E-state index in [1.54, 1.807) is 7.11 Å². The summed E-state index contributed by atoms with van der Waals surface area (Å²) >= 11 is 0. The average Bonchev–Trinajstić information content (AvgIpc) is 2.71. The van der Waals surface area contributed by atoms with Crippen molar-refractivity contribution in [3.63, 3.8) is 0 Å². The number of methoxy groups -OCH3 is 1. The van der Waals surface area contributed by atoms with Gasteiger partial charge in [-0.25, -0.2) is 0 Å². The zero-order valence-electron chi connectivity index (χ0n) is 10.5. The largest absolute Gasteiger partial charge is 0.385 e. The predicted molar refractivity (Wildman–Crippen MR) is 64.2 cm³/mol. The molecule has 0 aromatic heterocycles. The number of hydrogen-bond donors (Lipinski definition) is 1. The molecule has 0 radical (unpaired) electrons. The molecule has 90 valence electrons. The first-order valence-corrected chi connectivity index (χ1v) is 6.25. The van der Waals surface area contributed by atoms with Crippen molar-refractivity contribution < 1.29 is 4.74 Å². The number of likely N-dealkylation sites (N-methyl/N-ethyl adjacent to an activating group) is 1. The Hall–Kier alpha value is -0.120. The van der Waals surface area contributed by atoms with Crippen LogP contribution in [0.5, 0.6) is 0 Å². The van der Waals surface area contributed by atoms with E-state index in [0.29, 0.717) is 6.04 Å². The highest BCUT2D eigenvalue weighted by atomic mass is 16.5. The molecule has 1 aliphatic heterocycles. The molecule has 0 saturated carbocycles. The molecular weight excluding hydrogens is 188 g/mol. The molecule has 1 aliphatic rings. The second-order valence-electron chi connectivity index (χ2n) is 4.47. The summed E-state index contributed by atoms with van der Waals surface area (Å²) in [5, 5.41) is 3.46. The van der Waals surface area contributed by atoms with E-state index in [1.165, 1.54) is 19.4 Å². The van der Waals surface area contributed by atoms with Gasteiger partial charge in [0.2, 0.25) is 0 Å². The van der Waals surface area contributed by atoms with Crippen molar-refractivity contribution in [3.05, 3.63) is 0 Å². The number of hydrogen-bond acceptors (Lipinski definition) is 3. The van der Waals surface area contributed by atoms with E-state index in [-0.39, 0.29) is 0 Å². The van der Waals surface area contributed by atoms with Crippen LogP contribution in [-0.4, -0.2) is 50.3 Å². The first-order valence-electron chi connectivity index (χ1n) is 6.25. The molecule has 15 heavy (non-hydrogen) atoms. The molecule has 1 N–H and O–H groups in total. The summed E-state index contributed by atoms with van der Waals surface area (Å²) in [5.74, 6) is 0. The number of rotatable bonds is 7. The minimum Gasteiger partial charge on any atom is -0.385 e. The van der Waals surface area contributed by atoms with Gasteiger partial charge in [0.15, 0.2) is 0 Å². The van der Waals surface area contributed by atoms with Gasteiger partial charge in [-0.1, -0.05) is 6.92 Å². The third kappa shape index (κ3) is 4.09. The van der Waals surface area contributed by atoms with E-state index in [9.17, 15) is 0 Å². The van der Waals surface area contributed by atoms with Crippen molar-refractivity contribution in [3.8, 4) is 0 Å². The Balaban J connectivity index is 2.30. The molecule has 0 aromatic carbocycles. The van der Waals surface area contributed by atoms with Gasteiger partial charge in [-0.05, 0) is 39.3 Å². The van der Waals surface area contributed by atoms with E-state index in [2.05, 4.69) is 24.1 Å². The lowest BCUT2D eigenvalue weighted by Crippen LogP contribution is -2.43. The molecule has 0 aromatic rings. The van der Waals surface area contributed by atoms with Crippen LogP contribution in [0.15, 0.2) is 0 Å². The van der Waals surface area contributed by atoms with E-state index >= 15 is 0 Å². The van der Waals surface area contributed by atoms with Crippen LogP contribution in [0.25, 0.3) is 0 Å². The molecule has 1 heterocycles. The Morgan fingerprint density at radius 3 is 3.00 bits per heavy atom. The highest BCUT2D eigenvalue weighted by Gasteiger charge is 2.27. The molecule has 3 nitrogen and oxygen atoms in total. The summed E-state index contributed by atoms with van der Waals surface area (Å²) in [6.45, 7) is 8.87. The van der Waals surface area contributed by atoms with Crippen molar-refractivity contribution in [1.82, 2.24) is 10.2 Å². The van der Waals surface area contributed by atoms with Crippen LogP contribution in [0, 0.1) is 0 Å². The zero-order valence-corrected chi connectivity index (χ0v) is 10.5. The van der Waals surface area contributed by atoms with Gasteiger partial charge in [-0.3, -0.25) is 4.90 Å². The van der Waals surface area contributed by atoms with Crippen LogP contribution in [0.3, 0.4) is 0 Å². The lowest BCUT2D eigenvalue weighted by molar-refractivity contribution is 0.129. The fraction of sp³-hybridized carbons (Fsp3) is 1.00. The van der Waals surface area contributed by atoms with Gasteiger partial charge in [-0.15, -0.1) is 0 Å². The fourth-order valence-corrected chi connectivity index (χ4v) is 2.42.